The van der Waals surface area contributed by atoms with Crippen LogP contribution in [0.25, 0.3) is 10.9 Å². The zero-order chi connectivity index (χ0) is 10.1. The summed E-state index contributed by atoms with van der Waals surface area (Å²) in [6.07, 6.45) is 0.377. The van der Waals surface area contributed by atoms with E-state index in [9.17, 15) is 0 Å². The molecule has 0 unspecified atom stereocenters. The largest absolute Gasteiger partial charge is 0.268 e. The second-order valence-corrected chi connectivity index (χ2v) is 3.37. The molecule has 1 heterocycles. The fraction of sp³-hybridized carbons (Fsp3) is 0.273. The molecule has 0 atom stereocenters. The van der Waals surface area contributed by atoms with Crippen LogP contribution in [0.3, 0.4) is 0 Å². The molecule has 0 radical (unpaired) electrons. The minimum atomic E-state index is 0.377. The first-order chi connectivity index (χ1) is 6.74. The van der Waals surface area contributed by atoms with Crippen LogP contribution in [0.1, 0.15) is 11.3 Å². The summed E-state index contributed by atoms with van der Waals surface area (Å²) >= 11 is 0. The molecule has 70 valence electrons. The topological polar surface area (TPSA) is 41.6 Å². The summed E-state index contributed by atoms with van der Waals surface area (Å²) < 4.78 is 1.83. The quantitative estimate of drug-likeness (QED) is 0.681. The Bertz CT molecular complexity index is 517. The van der Waals surface area contributed by atoms with Gasteiger partial charge in [-0.1, -0.05) is 12.1 Å². The Kier molecular flexibility index (Phi) is 1.97. The number of aryl methyl sites for hydroxylation is 2. The van der Waals surface area contributed by atoms with Gasteiger partial charge in [0, 0.05) is 12.4 Å². The lowest BCUT2D eigenvalue weighted by Crippen LogP contribution is -1.90. The summed E-state index contributed by atoms with van der Waals surface area (Å²) in [6, 6.07) is 8.22. The molecule has 2 aromatic rings. The lowest BCUT2D eigenvalue weighted by atomic mass is 10.1. The molecule has 0 aliphatic heterocycles. The van der Waals surface area contributed by atoms with E-state index in [0.717, 1.165) is 16.6 Å². The van der Waals surface area contributed by atoms with Crippen molar-refractivity contribution in [1.82, 2.24) is 9.78 Å². The Morgan fingerprint density at radius 1 is 1.50 bits per heavy atom. The number of nitrogens with zero attached hydrogens (tertiary/aromatic N) is 3. The maximum absolute atomic E-state index is 8.68. The van der Waals surface area contributed by atoms with E-state index in [-0.39, 0.29) is 0 Å². The maximum Gasteiger partial charge on any atom is 0.0846 e. The standard InChI is InChI=1S/C11H11N3/c1-8-4-3-5-10-11(8)9(6-7-12)13-14(10)2/h3-5H,6H2,1-2H3. The summed E-state index contributed by atoms with van der Waals surface area (Å²) in [7, 11) is 1.91. The molecule has 0 bridgehead atoms. The third-order valence-corrected chi connectivity index (χ3v) is 2.41. The minimum Gasteiger partial charge on any atom is -0.268 e. The molecular weight excluding hydrogens is 174 g/mol. The van der Waals surface area contributed by atoms with Crippen LogP contribution in [-0.2, 0) is 13.5 Å². The second kappa shape index (κ2) is 3.15. The van der Waals surface area contributed by atoms with Gasteiger partial charge in [0.05, 0.1) is 23.7 Å². The molecule has 0 saturated heterocycles. The van der Waals surface area contributed by atoms with Crippen molar-refractivity contribution in [2.75, 3.05) is 0 Å². The van der Waals surface area contributed by atoms with Crippen molar-refractivity contribution in [2.24, 2.45) is 7.05 Å². The summed E-state index contributed by atoms with van der Waals surface area (Å²) in [5, 5.41) is 14.1. The van der Waals surface area contributed by atoms with Crippen molar-refractivity contribution in [3.8, 4) is 6.07 Å². The van der Waals surface area contributed by atoms with E-state index in [1.54, 1.807) is 0 Å². The lowest BCUT2D eigenvalue weighted by molar-refractivity contribution is 0.777. The van der Waals surface area contributed by atoms with Crippen LogP contribution in [-0.4, -0.2) is 9.78 Å². The zero-order valence-electron chi connectivity index (χ0n) is 8.28. The average Bonchev–Trinajstić information content (AvgIpc) is 2.46. The van der Waals surface area contributed by atoms with Gasteiger partial charge in [-0.3, -0.25) is 4.68 Å². The van der Waals surface area contributed by atoms with Crippen LogP contribution >= 0.6 is 0 Å². The van der Waals surface area contributed by atoms with Gasteiger partial charge in [0.25, 0.3) is 0 Å². The molecule has 0 saturated carbocycles. The Balaban J connectivity index is 2.80. The van der Waals surface area contributed by atoms with Crippen molar-refractivity contribution < 1.29 is 0 Å². The van der Waals surface area contributed by atoms with Gasteiger partial charge in [0.15, 0.2) is 0 Å². The Morgan fingerprint density at radius 2 is 2.29 bits per heavy atom. The van der Waals surface area contributed by atoms with Gasteiger partial charge in [0.2, 0.25) is 0 Å². The van der Waals surface area contributed by atoms with E-state index < -0.39 is 0 Å². The van der Waals surface area contributed by atoms with Crippen LogP contribution < -0.4 is 0 Å². The van der Waals surface area contributed by atoms with Crippen molar-refractivity contribution >= 4 is 10.9 Å². The van der Waals surface area contributed by atoms with Crippen LogP contribution in [0, 0.1) is 18.3 Å². The number of hydrogen-bond acceptors (Lipinski definition) is 2. The Morgan fingerprint density at radius 3 is 3.00 bits per heavy atom. The van der Waals surface area contributed by atoms with E-state index in [1.165, 1.54) is 5.56 Å². The van der Waals surface area contributed by atoms with Crippen LogP contribution in [0.15, 0.2) is 18.2 Å². The number of benzene rings is 1. The summed E-state index contributed by atoms with van der Waals surface area (Å²) in [5.41, 5.74) is 3.15. The van der Waals surface area contributed by atoms with Crippen LogP contribution in [0.4, 0.5) is 0 Å². The molecule has 0 amide bonds. The van der Waals surface area contributed by atoms with Crippen molar-refractivity contribution in [2.45, 2.75) is 13.3 Å². The van der Waals surface area contributed by atoms with E-state index in [0.29, 0.717) is 6.42 Å². The number of fused-ring (bicyclic) bond motifs is 1. The highest BCUT2D eigenvalue weighted by Gasteiger charge is 2.09. The fourth-order valence-corrected chi connectivity index (χ4v) is 1.78. The number of hydrogen-bond donors (Lipinski definition) is 0. The van der Waals surface area contributed by atoms with E-state index >= 15 is 0 Å². The Hall–Kier alpha value is -1.82. The van der Waals surface area contributed by atoms with Gasteiger partial charge in [-0.2, -0.15) is 10.4 Å². The summed E-state index contributed by atoms with van der Waals surface area (Å²) in [4.78, 5) is 0. The minimum absolute atomic E-state index is 0.377. The third-order valence-electron chi connectivity index (χ3n) is 2.41. The molecule has 0 aliphatic rings. The number of nitriles is 1. The fourth-order valence-electron chi connectivity index (χ4n) is 1.78. The monoisotopic (exact) mass is 185 g/mol. The molecule has 1 aromatic carbocycles. The Labute approximate surface area is 82.6 Å². The van der Waals surface area contributed by atoms with Gasteiger partial charge < -0.3 is 0 Å². The van der Waals surface area contributed by atoms with Crippen LogP contribution in [0.2, 0.25) is 0 Å². The first-order valence-electron chi connectivity index (χ1n) is 4.52. The SMILES string of the molecule is Cc1cccc2c1c(CC#N)nn2C. The zero-order valence-corrected chi connectivity index (χ0v) is 8.28. The number of aromatic nitrogens is 2. The van der Waals surface area contributed by atoms with Gasteiger partial charge >= 0.3 is 0 Å². The van der Waals surface area contributed by atoms with Crippen molar-refractivity contribution in [3.05, 3.63) is 29.5 Å². The molecule has 0 aliphatic carbocycles. The third kappa shape index (κ3) is 1.16. The van der Waals surface area contributed by atoms with Gasteiger partial charge in [0.1, 0.15) is 0 Å². The van der Waals surface area contributed by atoms with Gasteiger partial charge in [-0.15, -0.1) is 0 Å². The average molecular weight is 185 g/mol. The molecule has 0 N–H and O–H groups in total. The highest BCUT2D eigenvalue weighted by molar-refractivity contribution is 5.85. The molecule has 1 aromatic heterocycles. The smallest absolute Gasteiger partial charge is 0.0846 e. The maximum atomic E-state index is 8.68. The highest BCUT2D eigenvalue weighted by atomic mass is 15.3. The normalized spacial score (nSPS) is 10.4. The predicted molar refractivity (Wildman–Crippen MR) is 54.8 cm³/mol. The highest BCUT2D eigenvalue weighted by Crippen LogP contribution is 2.21. The summed E-state index contributed by atoms with van der Waals surface area (Å²) in [6.45, 7) is 2.05. The molecule has 0 spiro atoms. The van der Waals surface area contributed by atoms with E-state index in [4.69, 9.17) is 5.26 Å². The molecule has 3 nitrogen and oxygen atoms in total. The first kappa shape index (κ1) is 8.76. The predicted octanol–water partition coefficient (Wildman–Crippen LogP) is 1.95. The first-order valence-corrected chi connectivity index (χ1v) is 4.52. The molecule has 3 heteroatoms. The second-order valence-electron chi connectivity index (χ2n) is 3.37. The molecular formula is C11H11N3. The van der Waals surface area contributed by atoms with Gasteiger partial charge in [-0.25, -0.2) is 0 Å². The van der Waals surface area contributed by atoms with Crippen molar-refractivity contribution in [3.63, 3.8) is 0 Å². The molecule has 14 heavy (non-hydrogen) atoms. The molecule has 2 rings (SSSR count). The summed E-state index contributed by atoms with van der Waals surface area (Å²) in [5.74, 6) is 0. The van der Waals surface area contributed by atoms with Crippen molar-refractivity contribution in [1.29, 1.82) is 5.26 Å². The lowest BCUT2D eigenvalue weighted by Gasteiger charge is -1.96. The number of rotatable bonds is 1. The van der Waals surface area contributed by atoms with Crippen LogP contribution in [0.5, 0.6) is 0 Å². The van der Waals surface area contributed by atoms with E-state index in [1.807, 2.05) is 36.9 Å². The van der Waals surface area contributed by atoms with E-state index in [2.05, 4.69) is 11.2 Å². The molecule has 0 fully saturated rings. The van der Waals surface area contributed by atoms with Gasteiger partial charge in [-0.05, 0) is 18.6 Å².